The summed E-state index contributed by atoms with van der Waals surface area (Å²) in [5, 5.41) is 0. The molecule has 0 saturated heterocycles. The molecule has 0 saturated carbocycles. The monoisotopic (exact) mass is 428 g/mol. The van der Waals surface area contributed by atoms with Crippen molar-refractivity contribution in [2.24, 2.45) is 0 Å². The van der Waals surface area contributed by atoms with E-state index < -0.39 is 25.5 Å². The number of hydrogen-bond acceptors (Lipinski definition) is 6. The van der Waals surface area contributed by atoms with Crippen LogP contribution in [0.1, 0.15) is 26.1 Å². The highest BCUT2D eigenvalue weighted by Crippen LogP contribution is 2.38. The van der Waals surface area contributed by atoms with Gasteiger partial charge in [-0.15, -0.1) is 0 Å². The molecule has 1 unspecified atom stereocenters. The third kappa shape index (κ3) is 3.16. The zero-order valence-corrected chi connectivity index (χ0v) is 15.8. The van der Waals surface area contributed by atoms with Gasteiger partial charge in [0, 0.05) is 28.3 Å². The van der Waals surface area contributed by atoms with Gasteiger partial charge in [0.25, 0.3) is 5.91 Å². The number of fused-ring (bicyclic) bond motifs is 4. The smallest absolute Gasteiger partial charge is 0.387 e. The number of ether oxygens (including phenoxy) is 2. The van der Waals surface area contributed by atoms with Crippen molar-refractivity contribution in [1.29, 1.82) is 0 Å². The molecular formula is C21H17F2N5O3. The number of alkyl halides is 2. The largest absolute Gasteiger partial charge is 0.491 e. The molecule has 1 aliphatic heterocycles. The highest BCUT2D eigenvalue weighted by molar-refractivity contribution is 5.98. The summed E-state index contributed by atoms with van der Waals surface area (Å²) in [6.45, 7) is -5.99. The Morgan fingerprint density at radius 2 is 2.23 bits per heavy atom. The summed E-state index contributed by atoms with van der Waals surface area (Å²) in [6, 6.07) is 7.52. The van der Waals surface area contributed by atoms with Gasteiger partial charge in [0.15, 0.2) is 0 Å². The van der Waals surface area contributed by atoms with Gasteiger partial charge < -0.3 is 20.1 Å². The van der Waals surface area contributed by atoms with Crippen molar-refractivity contribution in [1.82, 2.24) is 19.3 Å². The molecule has 4 aromatic rings. The van der Waals surface area contributed by atoms with E-state index in [9.17, 15) is 13.6 Å². The van der Waals surface area contributed by atoms with E-state index in [2.05, 4.69) is 14.7 Å². The van der Waals surface area contributed by atoms with E-state index in [1.807, 2.05) is 0 Å². The lowest BCUT2D eigenvalue weighted by Gasteiger charge is -2.24. The number of imidazole rings is 1. The molecule has 0 aliphatic carbocycles. The fraction of sp³-hybridized carbons (Fsp3) is 0.190. The van der Waals surface area contributed by atoms with Crippen LogP contribution in [0.4, 0.5) is 14.6 Å². The zero-order valence-electron chi connectivity index (χ0n) is 18.8. The summed E-state index contributed by atoms with van der Waals surface area (Å²) in [4.78, 5) is 22.6. The first-order valence-corrected chi connectivity index (χ1v) is 9.20. The van der Waals surface area contributed by atoms with E-state index in [4.69, 9.17) is 14.6 Å². The van der Waals surface area contributed by atoms with Crippen LogP contribution in [0, 0.1) is 0 Å². The van der Waals surface area contributed by atoms with Gasteiger partial charge in [0.1, 0.15) is 29.4 Å². The maximum Gasteiger partial charge on any atom is 0.387 e. The second-order valence-corrected chi connectivity index (χ2v) is 6.93. The predicted molar refractivity (Wildman–Crippen MR) is 108 cm³/mol. The zero-order chi connectivity index (χ0) is 24.2. The molecule has 0 radical (unpaired) electrons. The van der Waals surface area contributed by atoms with Crippen LogP contribution < -0.4 is 15.2 Å². The van der Waals surface area contributed by atoms with Gasteiger partial charge in [0.2, 0.25) is 0 Å². The number of benzene rings is 2. The number of likely N-dealkylation sites (N-methyl/N-ethyl adjacent to an activating group) is 1. The molecule has 2 aromatic carbocycles. The Labute approximate surface area is 179 Å². The molecule has 31 heavy (non-hydrogen) atoms. The number of carbonyl (C=O) groups excluding carboxylic acids is 1. The SMILES string of the molecule is [2H]C([2H])([2H])N(C(=O)c1ccc2nc(N)c3cncn3c2c1)C1COc2cc(OC(F)F)ccc21. The Hall–Kier alpha value is -3.95. The topological polar surface area (TPSA) is 95.0 Å². The van der Waals surface area contributed by atoms with Gasteiger partial charge in [-0.2, -0.15) is 8.78 Å². The molecule has 2 aromatic heterocycles. The lowest BCUT2D eigenvalue weighted by Crippen LogP contribution is -2.32. The van der Waals surface area contributed by atoms with Crippen molar-refractivity contribution >= 4 is 28.3 Å². The number of carbonyl (C=O) groups is 1. The molecule has 8 nitrogen and oxygen atoms in total. The molecule has 1 amide bonds. The first-order chi connectivity index (χ1) is 16.1. The van der Waals surface area contributed by atoms with Gasteiger partial charge in [-0.3, -0.25) is 9.20 Å². The predicted octanol–water partition coefficient (Wildman–Crippen LogP) is 3.27. The Morgan fingerprint density at radius 3 is 3.03 bits per heavy atom. The minimum absolute atomic E-state index is 0.108. The van der Waals surface area contributed by atoms with E-state index in [1.54, 1.807) is 10.5 Å². The van der Waals surface area contributed by atoms with E-state index in [0.29, 0.717) is 22.1 Å². The number of nitrogens with two attached hydrogens (primary N) is 1. The van der Waals surface area contributed by atoms with Crippen molar-refractivity contribution in [3.05, 3.63) is 60.0 Å². The summed E-state index contributed by atoms with van der Waals surface area (Å²) in [5.41, 5.74) is 8.00. The number of nitrogens with zero attached hydrogens (tertiary/aromatic N) is 4. The van der Waals surface area contributed by atoms with Crippen LogP contribution in [0.15, 0.2) is 48.9 Å². The molecule has 1 aliphatic rings. The maximum absolute atomic E-state index is 13.5. The number of halogens is 2. The van der Waals surface area contributed by atoms with Crippen molar-refractivity contribution < 1.29 is 27.2 Å². The molecule has 3 heterocycles. The molecule has 0 fully saturated rings. The van der Waals surface area contributed by atoms with Crippen LogP contribution in [-0.2, 0) is 0 Å². The summed E-state index contributed by atoms with van der Waals surface area (Å²) in [7, 11) is 0. The molecule has 158 valence electrons. The normalized spacial score (nSPS) is 17.1. The van der Waals surface area contributed by atoms with Gasteiger partial charge in [-0.05, 0) is 30.3 Å². The van der Waals surface area contributed by atoms with Crippen molar-refractivity contribution in [3.8, 4) is 11.5 Å². The number of amides is 1. The highest BCUT2D eigenvalue weighted by atomic mass is 19.3. The molecular weight excluding hydrogens is 408 g/mol. The quantitative estimate of drug-likeness (QED) is 0.536. The fourth-order valence-corrected chi connectivity index (χ4v) is 3.65. The molecule has 0 spiro atoms. The second kappa shape index (κ2) is 7.08. The maximum atomic E-state index is 13.5. The lowest BCUT2D eigenvalue weighted by molar-refractivity contribution is -0.0499. The molecule has 2 N–H and O–H groups in total. The Bertz CT molecular complexity index is 1430. The number of hydrogen-bond donors (Lipinski definition) is 1. The van der Waals surface area contributed by atoms with Gasteiger partial charge in [0.05, 0.1) is 29.6 Å². The summed E-state index contributed by atoms with van der Waals surface area (Å²) in [6.07, 6.45) is 3.05. The third-order valence-corrected chi connectivity index (χ3v) is 5.12. The van der Waals surface area contributed by atoms with Crippen LogP contribution in [0.2, 0.25) is 0 Å². The van der Waals surface area contributed by atoms with E-state index in [0.717, 1.165) is 4.90 Å². The van der Waals surface area contributed by atoms with Crippen molar-refractivity contribution in [2.45, 2.75) is 12.7 Å². The third-order valence-electron chi connectivity index (χ3n) is 5.12. The Kier molecular flexibility index (Phi) is 3.62. The molecule has 0 bridgehead atoms. The van der Waals surface area contributed by atoms with Crippen LogP contribution >= 0.6 is 0 Å². The van der Waals surface area contributed by atoms with Crippen LogP contribution in [0.5, 0.6) is 11.5 Å². The summed E-state index contributed by atoms with van der Waals surface area (Å²) in [5.74, 6) is -0.459. The first kappa shape index (κ1) is 15.8. The molecule has 5 rings (SSSR count). The number of nitrogen functional groups attached to an aromatic ring is 1. The van der Waals surface area contributed by atoms with Gasteiger partial charge >= 0.3 is 6.61 Å². The minimum atomic E-state index is -3.02. The first-order valence-electron chi connectivity index (χ1n) is 10.7. The molecule has 1 atom stereocenters. The average Bonchev–Trinajstić information content (AvgIpc) is 3.40. The van der Waals surface area contributed by atoms with Gasteiger partial charge in [-0.1, -0.05) is 0 Å². The highest BCUT2D eigenvalue weighted by Gasteiger charge is 2.31. The minimum Gasteiger partial charge on any atom is -0.491 e. The standard InChI is InChI=1S/C21H17F2N5O3/c1-27(17-9-30-18-7-12(31-21(22)23)3-4-13(17)18)20(29)11-2-5-14-15(6-11)28-10-25-8-16(28)19(24)26-14/h2-8,10,17,21H,9H2,1H3,(H2,24,26)/i1D3. The number of rotatable bonds is 4. The van der Waals surface area contributed by atoms with Crippen LogP contribution in [-0.4, -0.2) is 45.4 Å². The van der Waals surface area contributed by atoms with E-state index in [1.165, 1.54) is 42.9 Å². The van der Waals surface area contributed by atoms with E-state index >= 15 is 0 Å². The molecule has 10 heteroatoms. The van der Waals surface area contributed by atoms with Crippen LogP contribution in [0.3, 0.4) is 0 Å². The van der Waals surface area contributed by atoms with Gasteiger partial charge in [-0.25, -0.2) is 9.97 Å². The Morgan fingerprint density at radius 1 is 1.35 bits per heavy atom. The van der Waals surface area contributed by atoms with Crippen molar-refractivity contribution in [3.63, 3.8) is 0 Å². The Balaban J connectivity index is 1.55. The average molecular weight is 428 g/mol. The van der Waals surface area contributed by atoms with Crippen molar-refractivity contribution in [2.75, 3.05) is 19.3 Å². The lowest BCUT2D eigenvalue weighted by atomic mass is 10.1. The second-order valence-electron chi connectivity index (χ2n) is 6.93. The number of aromatic nitrogens is 3. The summed E-state index contributed by atoms with van der Waals surface area (Å²) < 4.78 is 60.7. The summed E-state index contributed by atoms with van der Waals surface area (Å²) >= 11 is 0. The fourth-order valence-electron chi connectivity index (χ4n) is 3.65. The van der Waals surface area contributed by atoms with E-state index in [-0.39, 0.29) is 29.5 Å². The van der Waals surface area contributed by atoms with Crippen LogP contribution in [0.25, 0.3) is 16.6 Å². The number of anilines is 1.